The third-order valence-electron chi connectivity index (χ3n) is 1.63. The number of carbonyl (C=O) groups is 2. The lowest BCUT2D eigenvalue weighted by Crippen LogP contribution is -2.29. The van der Waals surface area contributed by atoms with E-state index in [1.165, 1.54) is 0 Å². The van der Waals surface area contributed by atoms with Crippen LogP contribution in [0.4, 0.5) is 0 Å². The number of hydrogen-bond acceptors (Lipinski definition) is 2. The van der Waals surface area contributed by atoms with Gasteiger partial charge in [-0.25, -0.2) is 0 Å². The molecule has 1 aliphatic rings. The molecule has 0 bridgehead atoms. The van der Waals surface area contributed by atoms with Crippen LogP contribution in [0, 0.1) is 11.8 Å². The van der Waals surface area contributed by atoms with Crippen molar-refractivity contribution in [3.05, 3.63) is 12.2 Å². The quantitative estimate of drug-likeness (QED) is 0.317. The van der Waals surface area contributed by atoms with Crippen molar-refractivity contribution in [3.8, 4) is 11.8 Å². The summed E-state index contributed by atoms with van der Waals surface area (Å²) in [6, 6.07) is 0. The molecule has 1 fully saturated rings. The number of rotatable bonds is 1. The maximum Gasteiger partial charge on any atom is 0.257 e. The third kappa shape index (κ3) is 1.37. The minimum atomic E-state index is -0.289. The van der Waals surface area contributed by atoms with Crippen LogP contribution in [0.5, 0.6) is 0 Å². The van der Waals surface area contributed by atoms with Crippen molar-refractivity contribution in [3.63, 3.8) is 0 Å². The Labute approximate surface area is 71.0 Å². The van der Waals surface area contributed by atoms with Gasteiger partial charge in [-0.2, -0.15) is 0 Å². The van der Waals surface area contributed by atoms with Crippen LogP contribution in [0.1, 0.15) is 13.3 Å². The van der Waals surface area contributed by atoms with Crippen molar-refractivity contribution in [1.82, 2.24) is 4.90 Å². The maximum absolute atomic E-state index is 11.2. The molecule has 0 saturated carbocycles. The Morgan fingerprint density at radius 1 is 1.58 bits per heavy atom. The first-order chi connectivity index (χ1) is 5.66. The number of amides is 2. The Bertz CT molecular complexity index is 306. The lowest BCUT2D eigenvalue weighted by Gasteiger charge is -2.07. The molecule has 3 nitrogen and oxygen atoms in total. The van der Waals surface area contributed by atoms with E-state index in [4.69, 9.17) is 0 Å². The topological polar surface area (TPSA) is 37.4 Å². The first-order valence-electron chi connectivity index (χ1n) is 3.59. The van der Waals surface area contributed by atoms with Crippen LogP contribution in [-0.2, 0) is 9.59 Å². The Morgan fingerprint density at radius 2 is 2.25 bits per heavy atom. The molecule has 3 heteroatoms. The van der Waals surface area contributed by atoms with E-state index in [1.54, 1.807) is 6.92 Å². The summed E-state index contributed by atoms with van der Waals surface area (Å²) in [5.74, 6) is 4.80. The van der Waals surface area contributed by atoms with E-state index in [0.29, 0.717) is 5.57 Å². The number of carbonyl (C=O) groups excluding carboxylic acids is 2. The van der Waals surface area contributed by atoms with Crippen molar-refractivity contribution < 1.29 is 9.59 Å². The Hall–Kier alpha value is -1.56. The lowest BCUT2D eigenvalue weighted by molar-refractivity contribution is -0.136. The number of likely N-dealkylation sites (tertiary alicyclic amines) is 1. The molecule has 2 amide bonds. The normalized spacial score (nSPS) is 16.4. The van der Waals surface area contributed by atoms with E-state index in [2.05, 4.69) is 18.4 Å². The zero-order valence-corrected chi connectivity index (χ0v) is 6.89. The number of hydrogen-bond donors (Lipinski definition) is 0. The molecule has 0 aliphatic carbocycles. The molecule has 62 valence electrons. The van der Waals surface area contributed by atoms with E-state index in [9.17, 15) is 9.59 Å². The average molecular weight is 163 g/mol. The zero-order valence-electron chi connectivity index (χ0n) is 6.89. The van der Waals surface area contributed by atoms with Gasteiger partial charge in [0.2, 0.25) is 5.91 Å². The van der Waals surface area contributed by atoms with Gasteiger partial charge in [-0.15, -0.1) is 5.92 Å². The molecule has 1 saturated heterocycles. The standard InChI is InChI=1S/C9H9NO2/c1-3-4-5-10-8(11)6-7(2)9(10)12/h2,5-6H2,1H3. The predicted octanol–water partition coefficient (Wildman–Crippen LogP) is 0.325. The third-order valence-corrected chi connectivity index (χ3v) is 1.63. The van der Waals surface area contributed by atoms with Crippen molar-refractivity contribution in [2.24, 2.45) is 0 Å². The highest BCUT2D eigenvalue weighted by Crippen LogP contribution is 2.15. The van der Waals surface area contributed by atoms with Gasteiger partial charge in [0.15, 0.2) is 0 Å². The van der Waals surface area contributed by atoms with Gasteiger partial charge < -0.3 is 0 Å². The van der Waals surface area contributed by atoms with Crippen LogP contribution >= 0.6 is 0 Å². The molecule has 0 unspecified atom stereocenters. The second kappa shape index (κ2) is 3.22. The van der Waals surface area contributed by atoms with Crippen molar-refractivity contribution in [2.45, 2.75) is 13.3 Å². The van der Waals surface area contributed by atoms with Crippen molar-refractivity contribution in [1.29, 1.82) is 0 Å². The molecule has 0 aromatic rings. The van der Waals surface area contributed by atoms with Gasteiger partial charge in [0.05, 0.1) is 13.0 Å². The highest BCUT2D eigenvalue weighted by Gasteiger charge is 2.31. The van der Waals surface area contributed by atoms with Gasteiger partial charge in [-0.05, 0) is 6.92 Å². The second-order valence-corrected chi connectivity index (χ2v) is 2.49. The molecule has 1 aliphatic heterocycles. The Kier molecular flexibility index (Phi) is 2.29. The largest absolute Gasteiger partial charge is 0.274 e. The molecule has 1 heterocycles. The number of nitrogens with zero attached hydrogens (tertiary/aromatic N) is 1. The van der Waals surface area contributed by atoms with Crippen LogP contribution < -0.4 is 0 Å². The Morgan fingerprint density at radius 3 is 2.67 bits per heavy atom. The highest BCUT2D eigenvalue weighted by atomic mass is 16.2. The van der Waals surface area contributed by atoms with Crippen LogP contribution in [0.2, 0.25) is 0 Å². The molecule has 0 radical (unpaired) electrons. The van der Waals surface area contributed by atoms with Crippen LogP contribution in [-0.4, -0.2) is 23.3 Å². The fourth-order valence-corrected chi connectivity index (χ4v) is 0.976. The summed E-state index contributed by atoms with van der Waals surface area (Å²) in [6.45, 7) is 5.34. The fourth-order valence-electron chi connectivity index (χ4n) is 0.976. The molecular weight excluding hydrogens is 154 g/mol. The van der Waals surface area contributed by atoms with Crippen LogP contribution in [0.25, 0.3) is 0 Å². The van der Waals surface area contributed by atoms with Gasteiger partial charge >= 0.3 is 0 Å². The van der Waals surface area contributed by atoms with Gasteiger partial charge in [0.25, 0.3) is 5.91 Å². The molecule has 0 spiro atoms. The van der Waals surface area contributed by atoms with E-state index in [-0.39, 0.29) is 24.8 Å². The maximum atomic E-state index is 11.2. The van der Waals surface area contributed by atoms with Gasteiger partial charge in [-0.3, -0.25) is 14.5 Å². The predicted molar refractivity (Wildman–Crippen MR) is 43.9 cm³/mol. The molecule has 0 aromatic heterocycles. The monoisotopic (exact) mass is 163 g/mol. The van der Waals surface area contributed by atoms with Crippen molar-refractivity contribution >= 4 is 11.8 Å². The SMILES string of the molecule is C=C1CC(=O)N(CC#CC)C1=O. The van der Waals surface area contributed by atoms with E-state index >= 15 is 0 Å². The molecule has 0 aromatic carbocycles. The van der Waals surface area contributed by atoms with Gasteiger partial charge in [0.1, 0.15) is 0 Å². The summed E-state index contributed by atoms with van der Waals surface area (Å²) < 4.78 is 0. The molecule has 1 rings (SSSR count). The first-order valence-corrected chi connectivity index (χ1v) is 3.59. The average Bonchev–Trinajstić information content (AvgIpc) is 2.25. The summed E-state index contributed by atoms with van der Waals surface area (Å²) in [7, 11) is 0. The summed E-state index contributed by atoms with van der Waals surface area (Å²) in [6.07, 6.45) is 0.143. The lowest BCUT2D eigenvalue weighted by atomic mass is 10.3. The van der Waals surface area contributed by atoms with Gasteiger partial charge in [-0.1, -0.05) is 12.5 Å². The highest BCUT2D eigenvalue weighted by molar-refractivity contribution is 6.13. The summed E-state index contributed by atoms with van der Waals surface area (Å²) in [5.41, 5.74) is 0.359. The molecule has 12 heavy (non-hydrogen) atoms. The van der Waals surface area contributed by atoms with Crippen LogP contribution in [0.3, 0.4) is 0 Å². The fraction of sp³-hybridized carbons (Fsp3) is 0.333. The first kappa shape index (κ1) is 8.54. The van der Waals surface area contributed by atoms with E-state index in [1.807, 2.05) is 0 Å². The van der Waals surface area contributed by atoms with Gasteiger partial charge in [0, 0.05) is 5.57 Å². The summed E-state index contributed by atoms with van der Waals surface area (Å²) in [4.78, 5) is 23.4. The zero-order chi connectivity index (χ0) is 9.14. The van der Waals surface area contributed by atoms with E-state index in [0.717, 1.165) is 4.90 Å². The summed E-state index contributed by atoms with van der Waals surface area (Å²) in [5, 5.41) is 0. The smallest absolute Gasteiger partial charge is 0.257 e. The minimum Gasteiger partial charge on any atom is -0.274 e. The molecule has 0 atom stereocenters. The second-order valence-electron chi connectivity index (χ2n) is 2.49. The number of imide groups is 1. The Balaban J connectivity index is 2.74. The van der Waals surface area contributed by atoms with Crippen LogP contribution in [0.15, 0.2) is 12.2 Å². The summed E-state index contributed by atoms with van der Waals surface area (Å²) >= 11 is 0. The van der Waals surface area contributed by atoms with E-state index < -0.39 is 0 Å². The minimum absolute atomic E-state index is 0.143. The molecule has 0 N–H and O–H groups in total. The molecular formula is C9H9NO2. The van der Waals surface area contributed by atoms with Crippen molar-refractivity contribution in [2.75, 3.05) is 6.54 Å².